The largest absolute Gasteiger partial charge is 0.331 e. The van der Waals surface area contributed by atoms with Gasteiger partial charge in [-0.2, -0.15) is 0 Å². The zero-order chi connectivity index (χ0) is 16.3. The number of carbonyl (C=O) groups excluding carboxylic acids is 2. The Morgan fingerprint density at radius 1 is 1.32 bits per heavy atom. The van der Waals surface area contributed by atoms with E-state index in [1.165, 1.54) is 4.90 Å². The minimum atomic E-state index is -3.10. The lowest BCUT2D eigenvalue weighted by Crippen LogP contribution is -2.46. The average molecular weight is 324 g/mol. The van der Waals surface area contributed by atoms with Crippen molar-refractivity contribution in [3.8, 4) is 0 Å². The Kier molecular flexibility index (Phi) is 4.85. The maximum absolute atomic E-state index is 12.3. The molecule has 0 aromatic heterocycles. The number of nitrogens with one attached hydrogen (secondary N) is 1. The van der Waals surface area contributed by atoms with Gasteiger partial charge in [0.05, 0.1) is 11.5 Å². The molecule has 1 aromatic carbocycles. The van der Waals surface area contributed by atoms with Crippen LogP contribution in [0.15, 0.2) is 24.3 Å². The summed E-state index contributed by atoms with van der Waals surface area (Å²) in [5, 5.41) is 2.59. The van der Waals surface area contributed by atoms with E-state index in [-0.39, 0.29) is 11.5 Å². The molecule has 2 rings (SSSR count). The number of likely N-dealkylation sites (N-methyl/N-ethyl adjacent to an activating group) is 1. The molecule has 22 heavy (non-hydrogen) atoms. The van der Waals surface area contributed by atoms with Crippen molar-refractivity contribution >= 4 is 27.3 Å². The number of amides is 2. The molecular formula is C15H20N2O4S. The van der Waals surface area contributed by atoms with Gasteiger partial charge >= 0.3 is 11.8 Å². The number of hydrogen-bond donors (Lipinski definition) is 1. The summed E-state index contributed by atoms with van der Waals surface area (Å²) in [5.74, 6) is -1.42. The Morgan fingerprint density at radius 3 is 2.55 bits per heavy atom. The Hall–Kier alpha value is -1.89. The summed E-state index contributed by atoms with van der Waals surface area (Å²) < 4.78 is 23.1. The highest BCUT2D eigenvalue weighted by Crippen LogP contribution is 2.19. The zero-order valence-electron chi connectivity index (χ0n) is 12.7. The van der Waals surface area contributed by atoms with Crippen LogP contribution in [0.4, 0.5) is 5.69 Å². The van der Waals surface area contributed by atoms with E-state index in [9.17, 15) is 18.0 Å². The van der Waals surface area contributed by atoms with E-state index in [0.29, 0.717) is 18.7 Å². The minimum Gasteiger partial charge on any atom is -0.331 e. The van der Waals surface area contributed by atoms with E-state index < -0.39 is 27.7 Å². The normalized spacial score (nSPS) is 19.6. The fraction of sp³-hybridized carbons (Fsp3) is 0.467. The van der Waals surface area contributed by atoms with Crippen LogP contribution in [-0.2, 0) is 19.4 Å². The number of para-hydroxylation sites is 1. The summed E-state index contributed by atoms with van der Waals surface area (Å²) in [6.45, 7) is 3.88. The van der Waals surface area contributed by atoms with Gasteiger partial charge in [-0.05, 0) is 31.9 Å². The van der Waals surface area contributed by atoms with Crippen molar-refractivity contribution in [2.45, 2.75) is 26.3 Å². The number of hydrogen-bond acceptors (Lipinski definition) is 4. The number of sulfone groups is 1. The van der Waals surface area contributed by atoms with Gasteiger partial charge in [0, 0.05) is 18.3 Å². The summed E-state index contributed by atoms with van der Waals surface area (Å²) in [7, 11) is -3.10. The van der Waals surface area contributed by atoms with Gasteiger partial charge in [-0.25, -0.2) is 8.42 Å². The number of aryl methyl sites for hydroxylation is 1. The lowest BCUT2D eigenvalue weighted by molar-refractivity contribution is -0.144. The molecule has 1 fully saturated rings. The Morgan fingerprint density at radius 2 is 2.00 bits per heavy atom. The van der Waals surface area contributed by atoms with Crippen molar-refractivity contribution in [2.24, 2.45) is 0 Å². The number of benzene rings is 1. The fourth-order valence-electron chi connectivity index (χ4n) is 2.61. The van der Waals surface area contributed by atoms with Gasteiger partial charge < -0.3 is 10.2 Å². The van der Waals surface area contributed by atoms with Crippen LogP contribution in [0.2, 0.25) is 0 Å². The standard InChI is InChI=1S/C15H20N2O4S/c1-3-17(12-8-9-22(20,21)10-12)15(19)14(18)16-13-7-5-4-6-11(13)2/h4-7,12H,3,8-10H2,1-2H3,(H,16,18). The monoisotopic (exact) mass is 324 g/mol. The lowest BCUT2D eigenvalue weighted by atomic mass is 10.2. The van der Waals surface area contributed by atoms with E-state index in [1.807, 2.05) is 19.1 Å². The van der Waals surface area contributed by atoms with Gasteiger partial charge in [0.25, 0.3) is 0 Å². The smallest absolute Gasteiger partial charge is 0.313 e. The van der Waals surface area contributed by atoms with E-state index in [2.05, 4.69) is 5.32 Å². The summed E-state index contributed by atoms with van der Waals surface area (Å²) >= 11 is 0. The summed E-state index contributed by atoms with van der Waals surface area (Å²) in [6, 6.07) is 6.76. The van der Waals surface area contributed by atoms with Crippen LogP contribution in [0, 0.1) is 6.92 Å². The van der Waals surface area contributed by atoms with Crippen molar-refractivity contribution in [1.82, 2.24) is 4.90 Å². The average Bonchev–Trinajstić information content (AvgIpc) is 2.82. The van der Waals surface area contributed by atoms with Crippen molar-refractivity contribution in [1.29, 1.82) is 0 Å². The third-order valence-electron chi connectivity index (χ3n) is 3.84. The molecule has 1 aliphatic heterocycles. The molecule has 0 saturated carbocycles. The Bertz CT molecular complexity index is 685. The van der Waals surface area contributed by atoms with Gasteiger partial charge in [-0.15, -0.1) is 0 Å². The molecule has 120 valence electrons. The SMILES string of the molecule is CCN(C(=O)C(=O)Nc1ccccc1C)C1CCS(=O)(=O)C1. The third-order valence-corrected chi connectivity index (χ3v) is 5.59. The topological polar surface area (TPSA) is 83.6 Å². The Labute approximate surface area is 130 Å². The van der Waals surface area contributed by atoms with Gasteiger partial charge in [-0.3, -0.25) is 9.59 Å². The molecule has 1 saturated heterocycles. The number of rotatable bonds is 3. The van der Waals surface area contributed by atoms with Crippen molar-refractivity contribution < 1.29 is 18.0 Å². The third kappa shape index (κ3) is 3.65. The zero-order valence-corrected chi connectivity index (χ0v) is 13.5. The second kappa shape index (κ2) is 6.48. The first-order valence-corrected chi connectivity index (χ1v) is 9.04. The van der Waals surface area contributed by atoms with E-state index >= 15 is 0 Å². The first-order chi connectivity index (χ1) is 10.3. The van der Waals surface area contributed by atoms with E-state index in [4.69, 9.17) is 0 Å². The van der Waals surface area contributed by atoms with Crippen LogP contribution in [-0.4, -0.2) is 49.2 Å². The summed E-state index contributed by atoms with van der Waals surface area (Å²) in [5.41, 5.74) is 1.44. The number of anilines is 1. The molecule has 1 aromatic rings. The second-order valence-electron chi connectivity index (χ2n) is 5.42. The molecule has 0 bridgehead atoms. The molecule has 0 radical (unpaired) electrons. The van der Waals surface area contributed by atoms with Crippen LogP contribution in [0.25, 0.3) is 0 Å². The van der Waals surface area contributed by atoms with Crippen LogP contribution >= 0.6 is 0 Å². The van der Waals surface area contributed by atoms with Crippen molar-refractivity contribution in [2.75, 3.05) is 23.4 Å². The maximum Gasteiger partial charge on any atom is 0.313 e. The number of carbonyl (C=O) groups is 2. The minimum absolute atomic E-state index is 0.0653. The first-order valence-electron chi connectivity index (χ1n) is 7.22. The number of nitrogens with zero attached hydrogens (tertiary/aromatic N) is 1. The van der Waals surface area contributed by atoms with Crippen LogP contribution in [0.3, 0.4) is 0 Å². The van der Waals surface area contributed by atoms with E-state index in [1.54, 1.807) is 19.1 Å². The molecule has 1 heterocycles. The molecule has 1 N–H and O–H groups in total. The summed E-state index contributed by atoms with van der Waals surface area (Å²) in [6.07, 6.45) is 0.388. The predicted octanol–water partition coefficient (Wildman–Crippen LogP) is 0.969. The highest BCUT2D eigenvalue weighted by atomic mass is 32.2. The molecule has 1 aliphatic rings. The molecular weight excluding hydrogens is 304 g/mol. The van der Waals surface area contributed by atoms with Crippen LogP contribution < -0.4 is 5.32 Å². The van der Waals surface area contributed by atoms with Gasteiger partial charge in [-0.1, -0.05) is 18.2 Å². The highest BCUT2D eigenvalue weighted by molar-refractivity contribution is 7.91. The Balaban J connectivity index is 2.08. The molecule has 7 heteroatoms. The van der Waals surface area contributed by atoms with Gasteiger partial charge in [0.2, 0.25) is 0 Å². The molecule has 0 spiro atoms. The molecule has 6 nitrogen and oxygen atoms in total. The molecule has 1 atom stereocenters. The fourth-order valence-corrected chi connectivity index (χ4v) is 4.34. The van der Waals surface area contributed by atoms with Gasteiger partial charge in [0.1, 0.15) is 0 Å². The quantitative estimate of drug-likeness (QED) is 0.840. The summed E-state index contributed by atoms with van der Waals surface area (Å²) in [4.78, 5) is 25.8. The maximum atomic E-state index is 12.3. The van der Waals surface area contributed by atoms with Crippen molar-refractivity contribution in [3.05, 3.63) is 29.8 Å². The molecule has 1 unspecified atom stereocenters. The highest BCUT2D eigenvalue weighted by Gasteiger charge is 2.35. The van der Waals surface area contributed by atoms with Crippen LogP contribution in [0.1, 0.15) is 18.9 Å². The van der Waals surface area contributed by atoms with Crippen LogP contribution in [0.5, 0.6) is 0 Å². The molecule has 2 amide bonds. The predicted molar refractivity (Wildman–Crippen MR) is 84.3 cm³/mol. The second-order valence-corrected chi connectivity index (χ2v) is 7.65. The lowest BCUT2D eigenvalue weighted by Gasteiger charge is -2.26. The first kappa shape index (κ1) is 16.5. The van der Waals surface area contributed by atoms with E-state index in [0.717, 1.165) is 5.56 Å². The molecule has 0 aliphatic carbocycles. The van der Waals surface area contributed by atoms with Gasteiger partial charge in [0.15, 0.2) is 9.84 Å². The van der Waals surface area contributed by atoms with Crippen molar-refractivity contribution in [3.63, 3.8) is 0 Å².